The van der Waals surface area contributed by atoms with Crippen LogP contribution >= 0.6 is 0 Å². The molecule has 2 N–H and O–H groups in total. The lowest BCUT2D eigenvalue weighted by Gasteiger charge is -2.25. The van der Waals surface area contributed by atoms with Crippen molar-refractivity contribution in [2.75, 3.05) is 6.54 Å². The molecule has 1 aromatic heterocycles. The molecule has 4 nitrogen and oxygen atoms in total. The minimum atomic E-state index is 0.148. The van der Waals surface area contributed by atoms with Crippen molar-refractivity contribution in [3.8, 4) is 0 Å². The maximum Gasteiger partial charge on any atom is 0.153 e. The molecule has 1 atom stereocenters. The molecule has 0 saturated heterocycles. The molecule has 0 bridgehead atoms. The average Bonchev–Trinajstić information content (AvgIpc) is 2.87. The first-order valence-corrected chi connectivity index (χ1v) is 6.49. The Balaban J connectivity index is 1.97. The van der Waals surface area contributed by atoms with Gasteiger partial charge >= 0.3 is 0 Å². The van der Waals surface area contributed by atoms with Crippen molar-refractivity contribution in [3.63, 3.8) is 0 Å². The van der Waals surface area contributed by atoms with Crippen molar-refractivity contribution in [1.82, 2.24) is 20.5 Å². The summed E-state index contributed by atoms with van der Waals surface area (Å²) in [5, 5.41) is 10.9. The summed E-state index contributed by atoms with van der Waals surface area (Å²) in [6.45, 7) is 5.20. The van der Waals surface area contributed by atoms with Gasteiger partial charge in [0.25, 0.3) is 0 Å². The van der Waals surface area contributed by atoms with Gasteiger partial charge in [-0.05, 0) is 17.5 Å². The Hall–Kier alpha value is -1.68. The summed E-state index contributed by atoms with van der Waals surface area (Å²) in [5.74, 6) is 2.16. The zero-order valence-corrected chi connectivity index (χ0v) is 10.8. The van der Waals surface area contributed by atoms with E-state index in [0.717, 1.165) is 24.6 Å². The van der Waals surface area contributed by atoms with Crippen molar-refractivity contribution in [2.24, 2.45) is 0 Å². The molecule has 4 heteroatoms. The number of fused-ring (bicyclic) bond motifs is 1. The van der Waals surface area contributed by atoms with Crippen molar-refractivity contribution in [3.05, 3.63) is 47.0 Å². The monoisotopic (exact) mass is 242 g/mol. The van der Waals surface area contributed by atoms with Gasteiger partial charge in [0.1, 0.15) is 5.82 Å². The number of nitrogens with one attached hydrogen (secondary N) is 2. The van der Waals surface area contributed by atoms with E-state index in [1.807, 2.05) is 0 Å². The first kappa shape index (κ1) is 11.4. The third-order valence-electron chi connectivity index (χ3n) is 3.42. The topological polar surface area (TPSA) is 53.6 Å². The van der Waals surface area contributed by atoms with Gasteiger partial charge in [0, 0.05) is 12.5 Å². The van der Waals surface area contributed by atoms with E-state index in [1.54, 1.807) is 0 Å². The fourth-order valence-electron chi connectivity index (χ4n) is 2.42. The number of aromatic amines is 1. The SMILES string of the molecule is CC(C)c1n[nH]c(C2NCCc3ccccc32)n1. The zero-order chi connectivity index (χ0) is 12.5. The highest BCUT2D eigenvalue weighted by Gasteiger charge is 2.24. The molecule has 0 saturated carbocycles. The molecule has 1 aliphatic rings. The van der Waals surface area contributed by atoms with Gasteiger partial charge in [0.2, 0.25) is 0 Å². The summed E-state index contributed by atoms with van der Waals surface area (Å²) in [7, 11) is 0. The lowest BCUT2D eigenvalue weighted by molar-refractivity contribution is 0.545. The maximum absolute atomic E-state index is 4.60. The Morgan fingerprint density at radius 3 is 2.89 bits per heavy atom. The van der Waals surface area contributed by atoms with Crippen LogP contribution in [0.15, 0.2) is 24.3 Å². The van der Waals surface area contributed by atoms with Crippen LogP contribution in [-0.4, -0.2) is 21.7 Å². The van der Waals surface area contributed by atoms with E-state index in [9.17, 15) is 0 Å². The summed E-state index contributed by atoms with van der Waals surface area (Å²) in [5.41, 5.74) is 2.72. The smallest absolute Gasteiger partial charge is 0.153 e. The maximum atomic E-state index is 4.60. The molecule has 1 unspecified atom stereocenters. The van der Waals surface area contributed by atoms with Gasteiger partial charge in [0.05, 0.1) is 6.04 Å². The highest BCUT2D eigenvalue weighted by molar-refractivity contribution is 5.35. The highest BCUT2D eigenvalue weighted by Crippen LogP contribution is 2.26. The van der Waals surface area contributed by atoms with Crippen LogP contribution in [0.5, 0.6) is 0 Å². The minimum absolute atomic E-state index is 0.148. The van der Waals surface area contributed by atoms with Gasteiger partial charge in [0.15, 0.2) is 5.82 Å². The van der Waals surface area contributed by atoms with Crippen molar-refractivity contribution >= 4 is 0 Å². The predicted molar refractivity (Wildman–Crippen MR) is 70.5 cm³/mol. The largest absolute Gasteiger partial charge is 0.303 e. The van der Waals surface area contributed by atoms with Crippen LogP contribution in [0.4, 0.5) is 0 Å². The molecule has 1 aliphatic heterocycles. The predicted octanol–water partition coefficient (Wildman–Crippen LogP) is 2.16. The normalized spacial score (nSPS) is 18.9. The lowest BCUT2D eigenvalue weighted by Crippen LogP contribution is -2.31. The second-order valence-electron chi connectivity index (χ2n) is 5.07. The summed E-state index contributed by atoms with van der Waals surface area (Å²) < 4.78 is 0. The van der Waals surface area contributed by atoms with E-state index in [1.165, 1.54) is 11.1 Å². The van der Waals surface area contributed by atoms with Gasteiger partial charge in [-0.1, -0.05) is 38.1 Å². The zero-order valence-electron chi connectivity index (χ0n) is 10.8. The van der Waals surface area contributed by atoms with Crippen LogP contribution in [0.2, 0.25) is 0 Å². The Kier molecular flexibility index (Phi) is 2.88. The first-order chi connectivity index (χ1) is 8.75. The molecule has 18 heavy (non-hydrogen) atoms. The fraction of sp³-hybridized carbons (Fsp3) is 0.429. The average molecular weight is 242 g/mol. The summed E-state index contributed by atoms with van der Waals surface area (Å²) >= 11 is 0. The molecular weight excluding hydrogens is 224 g/mol. The van der Waals surface area contributed by atoms with Crippen molar-refractivity contribution < 1.29 is 0 Å². The van der Waals surface area contributed by atoms with Crippen LogP contribution in [0, 0.1) is 0 Å². The molecule has 0 fully saturated rings. The molecule has 1 aromatic carbocycles. The van der Waals surface area contributed by atoms with E-state index in [2.05, 4.69) is 58.6 Å². The second kappa shape index (κ2) is 4.53. The fourth-order valence-corrected chi connectivity index (χ4v) is 2.42. The molecule has 2 heterocycles. The van der Waals surface area contributed by atoms with Crippen LogP contribution < -0.4 is 5.32 Å². The van der Waals surface area contributed by atoms with Crippen LogP contribution in [0.3, 0.4) is 0 Å². The molecule has 2 aromatic rings. The number of H-pyrrole nitrogens is 1. The van der Waals surface area contributed by atoms with Crippen LogP contribution in [0.25, 0.3) is 0 Å². The number of rotatable bonds is 2. The number of nitrogens with zero attached hydrogens (tertiary/aromatic N) is 2. The second-order valence-corrected chi connectivity index (χ2v) is 5.07. The van der Waals surface area contributed by atoms with Gasteiger partial charge in [-0.15, -0.1) is 0 Å². The molecule has 0 amide bonds. The van der Waals surface area contributed by atoms with E-state index in [-0.39, 0.29) is 6.04 Å². The molecule has 0 spiro atoms. The van der Waals surface area contributed by atoms with E-state index in [4.69, 9.17) is 0 Å². The van der Waals surface area contributed by atoms with Crippen LogP contribution in [-0.2, 0) is 6.42 Å². The standard InChI is InChI=1S/C14H18N4/c1-9(2)13-16-14(18-17-13)12-11-6-4-3-5-10(11)7-8-15-12/h3-6,9,12,15H,7-8H2,1-2H3,(H,16,17,18). The number of hydrogen-bond donors (Lipinski definition) is 2. The van der Waals surface area contributed by atoms with Crippen molar-refractivity contribution in [1.29, 1.82) is 0 Å². The van der Waals surface area contributed by atoms with Crippen LogP contribution in [0.1, 0.15) is 48.6 Å². The molecule has 0 aliphatic carbocycles. The Labute approximate surface area is 107 Å². The quantitative estimate of drug-likeness (QED) is 0.848. The Morgan fingerprint density at radius 2 is 2.11 bits per heavy atom. The first-order valence-electron chi connectivity index (χ1n) is 6.49. The summed E-state index contributed by atoms with van der Waals surface area (Å²) in [6.07, 6.45) is 1.08. The lowest BCUT2D eigenvalue weighted by atomic mass is 9.94. The third-order valence-corrected chi connectivity index (χ3v) is 3.42. The van der Waals surface area contributed by atoms with Gasteiger partial charge in [-0.3, -0.25) is 5.10 Å². The van der Waals surface area contributed by atoms with Crippen molar-refractivity contribution in [2.45, 2.75) is 32.2 Å². The van der Waals surface area contributed by atoms with E-state index in [0.29, 0.717) is 5.92 Å². The van der Waals surface area contributed by atoms with E-state index >= 15 is 0 Å². The summed E-state index contributed by atoms with van der Waals surface area (Å²) in [6, 6.07) is 8.70. The molecular formula is C14H18N4. The molecule has 0 radical (unpaired) electrons. The number of hydrogen-bond acceptors (Lipinski definition) is 3. The van der Waals surface area contributed by atoms with Gasteiger partial charge < -0.3 is 5.32 Å². The molecule has 94 valence electrons. The van der Waals surface area contributed by atoms with Gasteiger partial charge in [-0.25, -0.2) is 4.98 Å². The molecule has 3 rings (SSSR count). The van der Waals surface area contributed by atoms with E-state index < -0.39 is 0 Å². The third kappa shape index (κ3) is 1.93. The Morgan fingerprint density at radius 1 is 1.28 bits per heavy atom. The minimum Gasteiger partial charge on any atom is -0.303 e. The number of benzene rings is 1. The number of aromatic nitrogens is 3. The summed E-state index contributed by atoms with van der Waals surface area (Å²) in [4.78, 5) is 4.60. The van der Waals surface area contributed by atoms with Gasteiger partial charge in [-0.2, -0.15) is 5.10 Å². The highest BCUT2D eigenvalue weighted by atomic mass is 15.2. The Bertz CT molecular complexity index is 544.